The van der Waals surface area contributed by atoms with Crippen LogP contribution >= 0.6 is 0 Å². The van der Waals surface area contributed by atoms with Crippen molar-refractivity contribution in [3.8, 4) is 28.6 Å². The summed E-state index contributed by atoms with van der Waals surface area (Å²) < 4.78 is 10.6. The smallest absolute Gasteiger partial charge is 0.273 e. The van der Waals surface area contributed by atoms with Gasteiger partial charge in [-0.15, -0.1) is 0 Å². The van der Waals surface area contributed by atoms with Crippen molar-refractivity contribution in [3.63, 3.8) is 0 Å². The number of aryl methyl sites for hydroxylation is 1. The highest BCUT2D eigenvalue weighted by Gasteiger charge is 2.18. The van der Waals surface area contributed by atoms with E-state index in [1.54, 1.807) is 50.4 Å². The Kier molecular flexibility index (Phi) is 5.63. The van der Waals surface area contributed by atoms with Crippen molar-refractivity contribution in [1.29, 1.82) is 0 Å². The molecule has 0 spiro atoms. The molecule has 0 bridgehead atoms. The van der Waals surface area contributed by atoms with Gasteiger partial charge in [0.1, 0.15) is 5.75 Å². The summed E-state index contributed by atoms with van der Waals surface area (Å²) >= 11 is 0. The lowest BCUT2D eigenvalue weighted by atomic mass is 10.1. The first kappa shape index (κ1) is 20.7. The molecular formula is C23H18N4O5. The van der Waals surface area contributed by atoms with Gasteiger partial charge in [-0.3, -0.25) is 14.9 Å². The number of benzene rings is 3. The molecule has 3 aromatic carbocycles. The first-order valence-corrected chi connectivity index (χ1v) is 9.60. The molecule has 4 aromatic rings. The van der Waals surface area contributed by atoms with Crippen LogP contribution in [0.3, 0.4) is 0 Å². The molecule has 0 aliphatic heterocycles. The molecule has 1 aromatic heterocycles. The molecule has 9 nitrogen and oxygen atoms in total. The summed E-state index contributed by atoms with van der Waals surface area (Å²) in [5.74, 6) is 0.830. The summed E-state index contributed by atoms with van der Waals surface area (Å²) in [5.41, 5.74) is 2.23. The molecule has 0 saturated carbocycles. The Balaban J connectivity index is 1.61. The first-order chi connectivity index (χ1) is 15.5. The van der Waals surface area contributed by atoms with Crippen molar-refractivity contribution in [1.82, 2.24) is 10.1 Å². The summed E-state index contributed by atoms with van der Waals surface area (Å²) in [4.78, 5) is 27.9. The average Bonchev–Trinajstić information content (AvgIpc) is 3.29. The summed E-state index contributed by atoms with van der Waals surface area (Å²) in [6.07, 6.45) is 0. The van der Waals surface area contributed by atoms with Gasteiger partial charge in [0, 0.05) is 22.8 Å². The van der Waals surface area contributed by atoms with Gasteiger partial charge in [0.2, 0.25) is 5.82 Å². The maximum absolute atomic E-state index is 12.8. The monoisotopic (exact) mass is 430 g/mol. The second kappa shape index (κ2) is 8.68. The third kappa shape index (κ3) is 4.17. The number of nitro groups is 1. The molecule has 32 heavy (non-hydrogen) atoms. The zero-order chi connectivity index (χ0) is 22.7. The van der Waals surface area contributed by atoms with Gasteiger partial charge in [-0.1, -0.05) is 23.4 Å². The third-order valence-electron chi connectivity index (χ3n) is 4.85. The van der Waals surface area contributed by atoms with Crippen molar-refractivity contribution < 1.29 is 19.0 Å². The Labute approximate surface area is 182 Å². The maximum Gasteiger partial charge on any atom is 0.273 e. The minimum atomic E-state index is -0.515. The van der Waals surface area contributed by atoms with E-state index in [0.29, 0.717) is 28.4 Å². The summed E-state index contributed by atoms with van der Waals surface area (Å²) in [5, 5.41) is 18.0. The summed E-state index contributed by atoms with van der Waals surface area (Å²) in [6.45, 7) is 1.62. The van der Waals surface area contributed by atoms with Crippen molar-refractivity contribution in [2.75, 3.05) is 12.4 Å². The van der Waals surface area contributed by atoms with Crippen LogP contribution in [0.1, 0.15) is 15.9 Å². The molecule has 0 fully saturated rings. The number of amides is 1. The number of aromatic nitrogens is 2. The van der Waals surface area contributed by atoms with Gasteiger partial charge in [-0.2, -0.15) is 4.98 Å². The minimum Gasteiger partial charge on any atom is -0.497 e. The van der Waals surface area contributed by atoms with Crippen molar-refractivity contribution in [2.24, 2.45) is 0 Å². The van der Waals surface area contributed by atoms with E-state index in [1.165, 1.54) is 18.2 Å². The number of carbonyl (C=O) groups is 1. The molecule has 9 heteroatoms. The van der Waals surface area contributed by atoms with E-state index in [2.05, 4.69) is 15.5 Å². The zero-order valence-electron chi connectivity index (χ0n) is 17.2. The predicted octanol–water partition coefficient (Wildman–Crippen LogP) is 4.88. The fraction of sp³-hybridized carbons (Fsp3) is 0.0870. The van der Waals surface area contributed by atoms with Gasteiger partial charge >= 0.3 is 0 Å². The van der Waals surface area contributed by atoms with E-state index in [0.717, 1.165) is 5.56 Å². The van der Waals surface area contributed by atoms with Crippen LogP contribution < -0.4 is 10.1 Å². The number of nitrogens with one attached hydrogen (secondary N) is 1. The highest BCUT2D eigenvalue weighted by Crippen LogP contribution is 2.30. The second-order valence-electron chi connectivity index (χ2n) is 6.91. The molecule has 0 aliphatic carbocycles. The Morgan fingerprint density at radius 2 is 1.84 bits per heavy atom. The quantitative estimate of drug-likeness (QED) is 0.342. The SMILES string of the molecule is COc1ccc(-c2noc(-c3ccccc3NC(=O)c3ccc(C)c([N+](=O)[O-])c3)n2)cc1. The Morgan fingerprint density at radius 3 is 2.56 bits per heavy atom. The lowest BCUT2D eigenvalue weighted by Crippen LogP contribution is -2.13. The number of ether oxygens (including phenoxy) is 1. The standard InChI is InChI=1S/C23H18N4O5/c1-14-7-8-16(13-20(14)27(29)30)22(28)24-19-6-4-3-5-18(19)23-25-21(26-32-23)15-9-11-17(31-2)12-10-15/h3-13H,1-2H3,(H,24,28). The molecule has 0 atom stereocenters. The predicted molar refractivity (Wildman–Crippen MR) is 118 cm³/mol. The molecular weight excluding hydrogens is 412 g/mol. The number of carbonyl (C=O) groups excluding carboxylic acids is 1. The molecule has 1 N–H and O–H groups in total. The largest absolute Gasteiger partial charge is 0.497 e. The number of nitro benzene ring substituents is 1. The molecule has 0 aliphatic rings. The van der Waals surface area contributed by atoms with Crippen LogP contribution in [-0.4, -0.2) is 28.1 Å². The van der Waals surface area contributed by atoms with E-state index >= 15 is 0 Å². The van der Waals surface area contributed by atoms with Crippen LogP contribution in [0.2, 0.25) is 0 Å². The van der Waals surface area contributed by atoms with E-state index in [1.807, 2.05) is 12.1 Å². The Morgan fingerprint density at radius 1 is 1.09 bits per heavy atom. The van der Waals surface area contributed by atoms with Crippen molar-refractivity contribution >= 4 is 17.3 Å². The summed E-state index contributed by atoms with van der Waals surface area (Å²) in [7, 11) is 1.58. The van der Waals surface area contributed by atoms with Crippen LogP contribution in [0.15, 0.2) is 71.3 Å². The van der Waals surface area contributed by atoms with E-state index in [9.17, 15) is 14.9 Å². The molecule has 1 amide bonds. The fourth-order valence-corrected chi connectivity index (χ4v) is 3.11. The Bertz CT molecular complexity index is 1300. The number of anilines is 1. The number of para-hydroxylation sites is 1. The molecule has 1 heterocycles. The fourth-order valence-electron chi connectivity index (χ4n) is 3.11. The van der Waals surface area contributed by atoms with Gasteiger partial charge < -0.3 is 14.6 Å². The second-order valence-corrected chi connectivity index (χ2v) is 6.91. The molecule has 0 radical (unpaired) electrons. The maximum atomic E-state index is 12.8. The lowest BCUT2D eigenvalue weighted by Gasteiger charge is -2.09. The van der Waals surface area contributed by atoms with E-state index < -0.39 is 10.8 Å². The molecule has 4 rings (SSSR count). The van der Waals surface area contributed by atoms with Gasteiger partial charge in [0.15, 0.2) is 0 Å². The van der Waals surface area contributed by atoms with Gasteiger partial charge in [0.25, 0.3) is 17.5 Å². The van der Waals surface area contributed by atoms with Crippen LogP contribution in [0.25, 0.3) is 22.8 Å². The third-order valence-corrected chi connectivity index (χ3v) is 4.85. The van der Waals surface area contributed by atoms with Crippen LogP contribution in [0.4, 0.5) is 11.4 Å². The number of methoxy groups -OCH3 is 1. The number of nitrogens with zero attached hydrogens (tertiary/aromatic N) is 3. The Hall–Kier alpha value is -4.53. The first-order valence-electron chi connectivity index (χ1n) is 9.60. The average molecular weight is 430 g/mol. The number of rotatable bonds is 6. The van der Waals surface area contributed by atoms with Crippen molar-refractivity contribution in [3.05, 3.63) is 88.0 Å². The minimum absolute atomic E-state index is 0.119. The highest BCUT2D eigenvalue weighted by molar-refractivity contribution is 6.06. The van der Waals surface area contributed by atoms with E-state index in [-0.39, 0.29) is 17.1 Å². The lowest BCUT2D eigenvalue weighted by molar-refractivity contribution is -0.385. The highest BCUT2D eigenvalue weighted by atomic mass is 16.6. The van der Waals surface area contributed by atoms with Crippen LogP contribution in [-0.2, 0) is 0 Å². The topological polar surface area (TPSA) is 120 Å². The van der Waals surface area contributed by atoms with Crippen LogP contribution in [0.5, 0.6) is 5.75 Å². The van der Waals surface area contributed by atoms with Gasteiger partial charge in [0.05, 0.1) is 23.3 Å². The van der Waals surface area contributed by atoms with Crippen molar-refractivity contribution in [2.45, 2.75) is 6.92 Å². The van der Waals surface area contributed by atoms with Crippen LogP contribution in [0, 0.1) is 17.0 Å². The molecule has 160 valence electrons. The summed E-state index contributed by atoms with van der Waals surface area (Å²) in [6, 6.07) is 18.5. The zero-order valence-corrected chi connectivity index (χ0v) is 17.2. The van der Waals surface area contributed by atoms with Gasteiger partial charge in [-0.25, -0.2) is 0 Å². The molecule has 0 unspecified atom stereocenters. The van der Waals surface area contributed by atoms with Gasteiger partial charge in [-0.05, 0) is 49.4 Å². The molecule has 0 saturated heterocycles. The normalized spacial score (nSPS) is 10.6. The van der Waals surface area contributed by atoms with E-state index in [4.69, 9.17) is 9.26 Å². The number of hydrogen-bond acceptors (Lipinski definition) is 7. The number of hydrogen-bond donors (Lipinski definition) is 1.